The van der Waals surface area contributed by atoms with Crippen LogP contribution >= 0.6 is 27.5 Å². The van der Waals surface area contributed by atoms with E-state index >= 15 is 0 Å². The largest absolute Gasteiger partial charge is 0.486 e. The molecular weight excluding hydrogens is 340 g/mol. The zero-order valence-corrected chi connectivity index (χ0v) is 13.1. The van der Waals surface area contributed by atoms with E-state index in [2.05, 4.69) is 27.8 Å². The molecule has 2 aromatic heterocycles. The van der Waals surface area contributed by atoms with E-state index in [-0.39, 0.29) is 0 Å². The molecule has 1 aromatic carbocycles. The van der Waals surface area contributed by atoms with Gasteiger partial charge in [0.25, 0.3) is 0 Å². The molecule has 0 saturated heterocycles. The standard InChI is InChI=1S/C15H12BrClN2O/c1-10-2-5-15-18-12(8-19(15)7-10)9-20-14-4-3-11(17)6-13(14)16/h2-8H,9H2,1H3. The molecular formula is C15H12BrClN2O. The molecule has 102 valence electrons. The van der Waals surface area contributed by atoms with E-state index in [1.54, 1.807) is 6.07 Å². The van der Waals surface area contributed by atoms with E-state index in [1.165, 1.54) is 5.56 Å². The third kappa shape index (κ3) is 2.81. The first-order valence-corrected chi connectivity index (χ1v) is 7.31. The molecule has 5 heteroatoms. The normalized spacial score (nSPS) is 10.9. The second-order valence-electron chi connectivity index (χ2n) is 4.57. The van der Waals surface area contributed by atoms with Crippen LogP contribution in [0.25, 0.3) is 5.65 Å². The number of pyridine rings is 1. The second kappa shape index (κ2) is 5.46. The van der Waals surface area contributed by atoms with Gasteiger partial charge in [-0.1, -0.05) is 17.7 Å². The van der Waals surface area contributed by atoms with Gasteiger partial charge < -0.3 is 9.14 Å². The number of aryl methyl sites for hydroxylation is 1. The Morgan fingerprint density at radius 2 is 2.10 bits per heavy atom. The van der Waals surface area contributed by atoms with E-state index in [4.69, 9.17) is 16.3 Å². The van der Waals surface area contributed by atoms with Gasteiger partial charge in [-0.3, -0.25) is 0 Å². The van der Waals surface area contributed by atoms with Crippen molar-refractivity contribution in [2.45, 2.75) is 13.5 Å². The molecule has 0 aliphatic heterocycles. The summed E-state index contributed by atoms with van der Waals surface area (Å²) in [5, 5.41) is 0.674. The van der Waals surface area contributed by atoms with Crippen molar-refractivity contribution in [2.24, 2.45) is 0 Å². The van der Waals surface area contributed by atoms with Crippen LogP contribution in [0.5, 0.6) is 5.75 Å². The van der Waals surface area contributed by atoms with E-state index in [0.29, 0.717) is 11.6 Å². The fraction of sp³-hybridized carbons (Fsp3) is 0.133. The maximum Gasteiger partial charge on any atom is 0.137 e. The van der Waals surface area contributed by atoms with Gasteiger partial charge in [0.1, 0.15) is 18.0 Å². The van der Waals surface area contributed by atoms with Gasteiger partial charge in [-0.2, -0.15) is 0 Å². The molecule has 0 amide bonds. The Balaban J connectivity index is 1.79. The lowest BCUT2D eigenvalue weighted by Crippen LogP contribution is -1.96. The first-order chi connectivity index (χ1) is 9.61. The predicted molar refractivity (Wildman–Crippen MR) is 83.4 cm³/mol. The minimum atomic E-state index is 0.418. The van der Waals surface area contributed by atoms with Crippen molar-refractivity contribution in [3.63, 3.8) is 0 Å². The summed E-state index contributed by atoms with van der Waals surface area (Å²) in [4.78, 5) is 4.51. The first-order valence-electron chi connectivity index (χ1n) is 6.14. The summed E-state index contributed by atoms with van der Waals surface area (Å²) >= 11 is 9.33. The third-order valence-electron chi connectivity index (χ3n) is 2.92. The van der Waals surface area contributed by atoms with Gasteiger partial charge in [-0.25, -0.2) is 4.98 Å². The minimum absolute atomic E-state index is 0.418. The Hall–Kier alpha value is -1.52. The molecule has 0 radical (unpaired) electrons. The van der Waals surface area contributed by atoms with Gasteiger partial charge in [-0.05, 0) is 52.7 Å². The Morgan fingerprint density at radius 3 is 2.90 bits per heavy atom. The molecule has 0 aliphatic rings. The second-order valence-corrected chi connectivity index (χ2v) is 5.86. The zero-order valence-electron chi connectivity index (χ0n) is 10.8. The highest BCUT2D eigenvalue weighted by atomic mass is 79.9. The van der Waals surface area contributed by atoms with Crippen LogP contribution in [0.4, 0.5) is 0 Å². The summed E-state index contributed by atoms with van der Waals surface area (Å²) in [5.41, 5.74) is 3.00. The molecule has 20 heavy (non-hydrogen) atoms. The van der Waals surface area contributed by atoms with Gasteiger partial charge in [0, 0.05) is 17.4 Å². The zero-order chi connectivity index (χ0) is 14.1. The Kier molecular flexibility index (Phi) is 3.68. The molecule has 0 saturated carbocycles. The Labute approximate surface area is 130 Å². The average Bonchev–Trinajstić information content (AvgIpc) is 2.79. The molecule has 0 unspecified atom stereocenters. The summed E-state index contributed by atoms with van der Waals surface area (Å²) in [6, 6.07) is 9.49. The Bertz CT molecular complexity index is 770. The molecule has 3 rings (SSSR count). The molecule has 3 nitrogen and oxygen atoms in total. The van der Waals surface area contributed by atoms with Crippen molar-refractivity contribution in [3.05, 3.63) is 63.5 Å². The van der Waals surface area contributed by atoms with Gasteiger partial charge >= 0.3 is 0 Å². The average molecular weight is 352 g/mol. The monoisotopic (exact) mass is 350 g/mol. The van der Waals surface area contributed by atoms with Crippen LogP contribution in [0.15, 0.2) is 47.2 Å². The lowest BCUT2D eigenvalue weighted by Gasteiger charge is -2.06. The van der Waals surface area contributed by atoms with Crippen LogP contribution in [-0.4, -0.2) is 9.38 Å². The predicted octanol–water partition coefficient (Wildman–Crippen LogP) is 4.64. The number of benzene rings is 1. The summed E-state index contributed by atoms with van der Waals surface area (Å²) in [7, 11) is 0. The number of hydrogen-bond acceptors (Lipinski definition) is 2. The number of rotatable bonds is 3. The smallest absolute Gasteiger partial charge is 0.137 e. The number of halogens is 2. The van der Waals surface area contributed by atoms with Crippen LogP contribution in [0.1, 0.15) is 11.3 Å². The lowest BCUT2D eigenvalue weighted by molar-refractivity contribution is 0.300. The molecule has 0 N–H and O–H groups in total. The molecule has 0 bridgehead atoms. The number of ether oxygens (including phenoxy) is 1. The number of aromatic nitrogens is 2. The van der Waals surface area contributed by atoms with Crippen molar-refractivity contribution in [2.75, 3.05) is 0 Å². The first kappa shape index (κ1) is 13.5. The van der Waals surface area contributed by atoms with Crippen LogP contribution in [0.2, 0.25) is 5.02 Å². The SMILES string of the molecule is Cc1ccc2nc(COc3ccc(Cl)cc3Br)cn2c1. The van der Waals surface area contributed by atoms with E-state index < -0.39 is 0 Å². The van der Waals surface area contributed by atoms with E-state index in [0.717, 1.165) is 21.6 Å². The summed E-state index contributed by atoms with van der Waals surface area (Å²) in [6.45, 7) is 2.47. The lowest BCUT2D eigenvalue weighted by atomic mass is 10.3. The highest BCUT2D eigenvalue weighted by molar-refractivity contribution is 9.10. The van der Waals surface area contributed by atoms with Gasteiger partial charge in [-0.15, -0.1) is 0 Å². The maximum atomic E-state index is 5.90. The quantitative estimate of drug-likeness (QED) is 0.687. The highest BCUT2D eigenvalue weighted by Gasteiger charge is 2.05. The number of imidazole rings is 1. The van der Waals surface area contributed by atoms with Gasteiger partial charge in [0.15, 0.2) is 0 Å². The summed E-state index contributed by atoms with van der Waals surface area (Å²) < 4.78 is 8.60. The minimum Gasteiger partial charge on any atom is -0.486 e. The van der Waals surface area contributed by atoms with Crippen LogP contribution in [-0.2, 0) is 6.61 Å². The molecule has 3 aromatic rings. The van der Waals surface area contributed by atoms with Crippen LogP contribution in [0, 0.1) is 6.92 Å². The maximum absolute atomic E-state index is 5.90. The van der Waals surface area contributed by atoms with Crippen LogP contribution < -0.4 is 4.74 Å². The van der Waals surface area contributed by atoms with Crippen molar-refractivity contribution in [1.29, 1.82) is 0 Å². The van der Waals surface area contributed by atoms with Gasteiger partial charge in [0.2, 0.25) is 0 Å². The summed E-state index contributed by atoms with van der Waals surface area (Å²) in [6.07, 6.45) is 4.02. The fourth-order valence-electron chi connectivity index (χ4n) is 1.97. The third-order valence-corrected chi connectivity index (χ3v) is 3.77. The van der Waals surface area contributed by atoms with E-state index in [9.17, 15) is 0 Å². The van der Waals surface area contributed by atoms with Crippen molar-refractivity contribution in [1.82, 2.24) is 9.38 Å². The molecule has 0 aliphatic carbocycles. The van der Waals surface area contributed by atoms with Crippen molar-refractivity contribution < 1.29 is 4.74 Å². The van der Waals surface area contributed by atoms with E-state index in [1.807, 2.05) is 41.1 Å². The number of fused-ring (bicyclic) bond motifs is 1. The Morgan fingerprint density at radius 1 is 1.25 bits per heavy atom. The molecule has 2 heterocycles. The van der Waals surface area contributed by atoms with Crippen molar-refractivity contribution >= 4 is 33.2 Å². The molecule has 0 spiro atoms. The molecule has 0 atom stereocenters. The topological polar surface area (TPSA) is 26.5 Å². The van der Waals surface area contributed by atoms with Gasteiger partial charge in [0.05, 0.1) is 10.2 Å². The fourth-order valence-corrected chi connectivity index (χ4v) is 2.77. The number of nitrogens with zero attached hydrogens (tertiary/aromatic N) is 2. The van der Waals surface area contributed by atoms with Crippen LogP contribution in [0.3, 0.4) is 0 Å². The highest BCUT2D eigenvalue weighted by Crippen LogP contribution is 2.28. The number of hydrogen-bond donors (Lipinski definition) is 0. The molecule has 0 fully saturated rings. The summed E-state index contributed by atoms with van der Waals surface area (Å²) in [5.74, 6) is 0.752. The van der Waals surface area contributed by atoms with Crippen molar-refractivity contribution in [3.8, 4) is 5.75 Å².